The maximum Gasteiger partial charge on any atom is 0.165 e. The smallest absolute Gasteiger partial charge is 0.165 e. The van der Waals surface area contributed by atoms with Crippen molar-refractivity contribution in [2.75, 3.05) is 27.4 Å². The molecule has 6 heteroatoms. The molecular weight excluding hydrogens is 354 g/mol. The third kappa shape index (κ3) is 4.50. The van der Waals surface area contributed by atoms with Gasteiger partial charge >= 0.3 is 0 Å². The molecule has 0 spiro atoms. The van der Waals surface area contributed by atoms with Gasteiger partial charge in [-0.1, -0.05) is 12.1 Å². The first kappa shape index (κ1) is 20.7. The number of ether oxygens (including phenoxy) is 3. The summed E-state index contributed by atoms with van der Waals surface area (Å²) in [6.07, 6.45) is 2.56. The van der Waals surface area contributed by atoms with Crippen LogP contribution in [0.15, 0.2) is 18.2 Å². The SMILES string of the molecule is CCn1nc(C)c(CN(Cc2cccc(OC)c2OC)C[C@H]2CCCO2)c1C. The number of para-hydroxylation sites is 1. The van der Waals surface area contributed by atoms with E-state index in [-0.39, 0.29) is 0 Å². The Balaban J connectivity index is 1.86. The fraction of sp³-hybridized carbons (Fsp3) is 0.591. The van der Waals surface area contributed by atoms with E-state index in [1.807, 2.05) is 12.1 Å². The number of nitrogens with zero attached hydrogens (tertiary/aromatic N) is 3. The van der Waals surface area contributed by atoms with E-state index in [0.717, 1.165) is 68.4 Å². The number of hydrogen-bond acceptors (Lipinski definition) is 5. The van der Waals surface area contributed by atoms with Crippen molar-refractivity contribution in [1.82, 2.24) is 14.7 Å². The molecule has 154 valence electrons. The van der Waals surface area contributed by atoms with Crippen LogP contribution in [0.5, 0.6) is 11.5 Å². The average Bonchev–Trinajstić information content (AvgIpc) is 3.30. The first-order valence-electron chi connectivity index (χ1n) is 10.1. The van der Waals surface area contributed by atoms with E-state index < -0.39 is 0 Å². The summed E-state index contributed by atoms with van der Waals surface area (Å²) in [5.41, 5.74) is 4.78. The highest BCUT2D eigenvalue weighted by Crippen LogP contribution is 2.32. The van der Waals surface area contributed by atoms with Gasteiger partial charge in [-0.05, 0) is 39.7 Å². The van der Waals surface area contributed by atoms with Crippen molar-refractivity contribution in [3.63, 3.8) is 0 Å². The monoisotopic (exact) mass is 387 g/mol. The fourth-order valence-corrected chi connectivity index (χ4v) is 4.07. The van der Waals surface area contributed by atoms with E-state index in [4.69, 9.17) is 19.3 Å². The Morgan fingerprint density at radius 1 is 1.21 bits per heavy atom. The Labute approximate surface area is 168 Å². The highest BCUT2D eigenvalue weighted by Gasteiger charge is 2.23. The molecule has 2 aromatic rings. The molecule has 0 unspecified atom stereocenters. The van der Waals surface area contributed by atoms with Crippen LogP contribution < -0.4 is 9.47 Å². The summed E-state index contributed by atoms with van der Waals surface area (Å²) in [6, 6.07) is 6.07. The zero-order valence-corrected chi connectivity index (χ0v) is 17.8. The lowest BCUT2D eigenvalue weighted by molar-refractivity contribution is 0.0674. The number of rotatable bonds is 9. The van der Waals surface area contributed by atoms with Gasteiger partial charge in [0.25, 0.3) is 0 Å². The molecule has 0 aliphatic carbocycles. The Hall–Kier alpha value is -2.05. The van der Waals surface area contributed by atoms with Crippen LogP contribution in [-0.4, -0.2) is 48.2 Å². The standard InChI is InChI=1S/C22H33N3O3/c1-6-25-17(3)20(16(2)23-25)15-24(14-19-10-8-12-28-19)13-18-9-7-11-21(26-4)22(18)27-5/h7,9,11,19H,6,8,10,12-15H2,1-5H3/t19-/m1/s1. The normalized spacial score (nSPS) is 16.7. The second kappa shape index (κ2) is 9.43. The van der Waals surface area contributed by atoms with Gasteiger partial charge in [0, 0.05) is 49.6 Å². The largest absolute Gasteiger partial charge is 0.493 e. The quantitative estimate of drug-likeness (QED) is 0.656. The van der Waals surface area contributed by atoms with Gasteiger partial charge < -0.3 is 14.2 Å². The first-order chi connectivity index (χ1) is 13.6. The maximum absolute atomic E-state index is 5.93. The summed E-state index contributed by atoms with van der Waals surface area (Å²) in [6.45, 7) is 10.7. The molecule has 1 atom stereocenters. The Morgan fingerprint density at radius 3 is 2.64 bits per heavy atom. The van der Waals surface area contributed by atoms with Crippen LogP contribution in [0.25, 0.3) is 0 Å². The third-order valence-electron chi connectivity index (χ3n) is 5.58. The molecule has 0 amide bonds. The van der Waals surface area contributed by atoms with Gasteiger partial charge in [-0.15, -0.1) is 0 Å². The summed E-state index contributed by atoms with van der Waals surface area (Å²) in [7, 11) is 3.38. The van der Waals surface area contributed by atoms with Crippen LogP contribution in [0.2, 0.25) is 0 Å². The minimum Gasteiger partial charge on any atom is -0.493 e. The van der Waals surface area contributed by atoms with Crippen LogP contribution >= 0.6 is 0 Å². The van der Waals surface area contributed by atoms with Gasteiger partial charge in [0.2, 0.25) is 0 Å². The number of hydrogen-bond donors (Lipinski definition) is 0. The zero-order chi connectivity index (χ0) is 20.1. The van der Waals surface area contributed by atoms with Crippen LogP contribution in [-0.2, 0) is 24.4 Å². The van der Waals surface area contributed by atoms with E-state index in [1.165, 1.54) is 11.3 Å². The summed E-state index contributed by atoms with van der Waals surface area (Å²) in [4.78, 5) is 2.45. The van der Waals surface area contributed by atoms with Crippen molar-refractivity contribution in [3.05, 3.63) is 40.7 Å². The molecule has 1 saturated heterocycles. The molecule has 0 saturated carbocycles. The maximum atomic E-state index is 5.93. The minimum absolute atomic E-state index is 0.290. The van der Waals surface area contributed by atoms with Gasteiger partial charge in [-0.25, -0.2) is 0 Å². The molecule has 1 fully saturated rings. The molecule has 1 aliphatic rings. The van der Waals surface area contributed by atoms with Gasteiger partial charge in [-0.3, -0.25) is 9.58 Å². The Bertz CT molecular complexity index is 782. The molecule has 28 heavy (non-hydrogen) atoms. The number of methoxy groups -OCH3 is 2. The van der Waals surface area contributed by atoms with Gasteiger partial charge in [0.1, 0.15) is 0 Å². The van der Waals surface area contributed by atoms with E-state index in [0.29, 0.717) is 6.10 Å². The molecule has 1 aromatic carbocycles. The second-order valence-electron chi connectivity index (χ2n) is 7.42. The molecule has 2 heterocycles. The lowest BCUT2D eigenvalue weighted by atomic mass is 10.1. The Morgan fingerprint density at radius 2 is 2.04 bits per heavy atom. The summed E-state index contributed by atoms with van der Waals surface area (Å²) >= 11 is 0. The van der Waals surface area contributed by atoms with Crippen molar-refractivity contribution >= 4 is 0 Å². The van der Waals surface area contributed by atoms with Crippen LogP contribution in [0.1, 0.15) is 42.3 Å². The molecule has 1 aromatic heterocycles. The number of aryl methyl sites for hydroxylation is 2. The molecular formula is C22H33N3O3. The van der Waals surface area contributed by atoms with Crippen LogP contribution in [0.3, 0.4) is 0 Å². The van der Waals surface area contributed by atoms with Crippen molar-refractivity contribution in [2.45, 2.75) is 59.4 Å². The molecule has 6 nitrogen and oxygen atoms in total. The van der Waals surface area contributed by atoms with E-state index in [9.17, 15) is 0 Å². The van der Waals surface area contributed by atoms with Gasteiger partial charge in [-0.2, -0.15) is 5.10 Å². The molecule has 1 aliphatic heterocycles. The van der Waals surface area contributed by atoms with E-state index >= 15 is 0 Å². The molecule has 3 rings (SSSR count). The number of aromatic nitrogens is 2. The lowest BCUT2D eigenvalue weighted by Gasteiger charge is -2.26. The Kier molecular flexibility index (Phi) is 6.97. The second-order valence-corrected chi connectivity index (χ2v) is 7.42. The van der Waals surface area contributed by atoms with E-state index in [1.54, 1.807) is 14.2 Å². The minimum atomic E-state index is 0.290. The van der Waals surface area contributed by atoms with E-state index in [2.05, 4.69) is 36.4 Å². The van der Waals surface area contributed by atoms with Crippen LogP contribution in [0.4, 0.5) is 0 Å². The van der Waals surface area contributed by atoms with Gasteiger partial charge in [0.05, 0.1) is 26.0 Å². The zero-order valence-electron chi connectivity index (χ0n) is 17.8. The van der Waals surface area contributed by atoms with Gasteiger partial charge in [0.15, 0.2) is 11.5 Å². The predicted octanol–water partition coefficient (Wildman–Crippen LogP) is 3.72. The number of benzene rings is 1. The van der Waals surface area contributed by atoms with Crippen molar-refractivity contribution in [3.8, 4) is 11.5 Å². The fourth-order valence-electron chi connectivity index (χ4n) is 4.07. The summed E-state index contributed by atoms with van der Waals surface area (Å²) < 4.78 is 19.2. The molecule has 0 bridgehead atoms. The molecule has 0 radical (unpaired) electrons. The van der Waals surface area contributed by atoms with Crippen molar-refractivity contribution in [2.24, 2.45) is 0 Å². The highest BCUT2D eigenvalue weighted by atomic mass is 16.5. The lowest BCUT2D eigenvalue weighted by Crippen LogP contribution is -2.32. The average molecular weight is 388 g/mol. The first-order valence-corrected chi connectivity index (χ1v) is 10.1. The molecule has 0 N–H and O–H groups in total. The third-order valence-corrected chi connectivity index (χ3v) is 5.58. The van der Waals surface area contributed by atoms with Crippen LogP contribution in [0, 0.1) is 13.8 Å². The summed E-state index contributed by atoms with van der Waals surface area (Å²) in [5.74, 6) is 1.57. The predicted molar refractivity (Wildman–Crippen MR) is 110 cm³/mol. The van der Waals surface area contributed by atoms with Crippen molar-refractivity contribution < 1.29 is 14.2 Å². The highest BCUT2D eigenvalue weighted by molar-refractivity contribution is 5.46. The van der Waals surface area contributed by atoms with Crippen molar-refractivity contribution in [1.29, 1.82) is 0 Å². The topological polar surface area (TPSA) is 48.8 Å². The summed E-state index contributed by atoms with van der Waals surface area (Å²) in [5, 5.41) is 4.70.